The van der Waals surface area contributed by atoms with E-state index in [0.29, 0.717) is 25.2 Å². The number of fused-ring (bicyclic) bond motifs is 1. The zero-order valence-corrected chi connectivity index (χ0v) is 22.8. The molecular formula is C30H39N5O4. The maximum absolute atomic E-state index is 12.4. The van der Waals surface area contributed by atoms with Crippen molar-refractivity contribution in [3.05, 3.63) is 77.1 Å². The number of nitrogens with zero attached hydrogens (tertiary/aromatic N) is 3. The van der Waals surface area contributed by atoms with Crippen LogP contribution in [0.1, 0.15) is 61.0 Å². The van der Waals surface area contributed by atoms with E-state index in [1.165, 1.54) is 19.1 Å². The standard InChI is InChI=1S/C30H39N5O4/c1-3-21-10-11-28-24(14-21)26(16-30(39-28)12-7-13-30)31-17-27(36)25(32-29(37)20-38-2)15-23-19-35(34-33-23)18-22-8-5-4-6-9-22/h4-6,8-11,14,19,25-27,31,36H,3,7,12-13,15-18,20H2,1-2H3,(H,32,37)/t25-,26-,27-/m0/s1. The van der Waals surface area contributed by atoms with Crippen LogP contribution in [0, 0.1) is 0 Å². The molecule has 3 atom stereocenters. The lowest BCUT2D eigenvalue weighted by Gasteiger charge is -2.48. The second-order valence-corrected chi connectivity index (χ2v) is 10.8. The molecule has 1 saturated carbocycles. The van der Waals surface area contributed by atoms with Crippen molar-refractivity contribution in [2.45, 2.75) is 75.8 Å². The maximum atomic E-state index is 12.4. The lowest BCUT2D eigenvalue weighted by molar-refractivity contribution is -0.126. The van der Waals surface area contributed by atoms with Gasteiger partial charge in [0.15, 0.2) is 0 Å². The van der Waals surface area contributed by atoms with Crippen LogP contribution in [0.4, 0.5) is 0 Å². The predicted octanol–water partition coefficient (Wildman–Crippen LogP) is 2.96. The Balaban J connectivity index is 1.27. The summed E-state index contributed by atoms with van der Waals surface area (Å²) in [5.74, 6) is 0.653. The Bertz CT molecular complexity index is 1240. The zero-order valence-electron chi connectivity index (χ0n) is 22.8. The van der Waals surface area contributed by atoms with Crippen molar-refractivity contribution in [1.82, 2.24) is 25.6 Å². The molecule has 2 aromatic carbocycles. The van der Waals surface area contributed by atoms with E-state index < -0.39 is 12.1 Å². The van der Waals surface area contributed by atoms with Gasteiger partial charge in [-0.1, -0.05) is 54.6 Å². The Labute approximate surface area is 229 Å². The van der Waals surface area contributed by atoms with Gasteiger partial charge in [0.2, 0.25) is 5.91 Å². The first-order chi connectivity index (χ1) is 19.0. The monoisotopic (exact) mass is 533 g/mol. The fraction of sp³-hybridized carbons (Fsp3) is 0.500. The van der Waals surface area contributed by atoms with Gasteiger partial charge in [0, 0.05) is 44.3 Å². The van der Waals surface area contributed by atoms with E-state index >= 15 is 0 Å². The number of aliphatic hydroxyl groups is 1. The molecule has 2 aliphatic rings. The number of aryl methyl sites for hydroxylation is 1. The number of nitrogens with one attached hydrogen (secondary N) is 2. The van der Waals surface area contributed by atoms with Crippen molar-refractivity contribution >= 4 is 5.91 Å². The molecule has 1 aromatic heterocycles. The number of aliphatic hydroxyl groups excluding tert-OH is 1. The molecular weight excluding hydrogens is 494 g/mol. The largest absolute Gasteiger partial charge is 0.487 e. The van der Waals surface area contributed by atoms with Gasteiger partial charge in [-0.25, -0.2) is 4.68 Å². The number of amides is 1. The highest BCUT2D eigenvalue weighted by Crippen LogP contribution is 2.49. The summed E-state index contributed by atoms with van der Waals surface area (Å²) in [5, 5.41) is 26.4. The Kier molecular flexibility index (Phi) is 8.60. The van der Waals surface area contributed by atoms with Crippen LogP contribution in [0.5, 0.6) is 5.75 Å². The van der Waals surface area contributed by atoms with Crippen LogP contribution in [-0.4, -0.2) is 64.0 Å². The molecule has 1 amide bonds. The number of methoxy groups -OCH3 is 1. The third kappa shape index (κ3) is 6.66. The van der Waals surface area contributed by atoms with E-state index in [1.807, 2.05) is 36.5 Å². The average molecular weight is 534 g/mol. The Morgan fingerprint density at radius 2 is 2.05 bits per heavy atom. The van der Waals surface area contributed by atoms with Gasteiger partial charge in [-0.05, 0) is 42.9 Å². The number of carbonyl (C=O) groups is 1. The van der Waals surface area contributed by atoms with Crippen LogP contribution >= 0.6 is 0 Å². The van der Waals surface area contributed by atoms with Crippen LogP contribution < -0.4 is 15.4 Å². The van der Waals surface area contributed by atoms with E-state index in [4.69, 9.17) is 9.47 Å². The number of hydrogen-bond acceptors (Lipinski definition) is 7. The Hall–Kier alpha value is -3.27. The summed E-state index contributed by atoms with van der Waals surface area (Å²) in [6, 6.07) is 16.0. The fourth-order valence-corrected chi connectivity index (χ4v) is 5.57. The molecule has 5 rings (SSSR count). The van der Waals surface area contributed by atoms with Crippen LogP contribution in [0.15, 0.2) is 54.7 Å². The first-order valence-corrected chi connectivity index (χ1v) is 13.9. The van der Waals surface area contributed by atoms with Gasteiger partial charge in [-0.3, -0.25) is 4.79 Å². The minimum atomic E-state index is -0.844. The Morgan fingerprint density at radius 1 is 1.23 bits per heavy atom. The Morgan fingerprint density at radius 3 is 2.77 bits per heavy atom. The van der Waals surface area contributed by atoms with Crippen LogP contribution in [-0.2, 0) is 28.9 Å². The van der Waals surface area contributed by atoms with Crippen molar-refractivity contribution in [2.75, 3.05) is 20.3 Å². The topological polar surface area (TPSA) is 111 Å². The van der Waals surface area contributed by atoms with E-state index in [9.17, 15) is 9.90 Å². The van der Waals surface area contributed by atoms with Crippen molar-refractivity contribution in [3.63, 3.8) is 0 Å². The van der Waals surface area contributed by atoms with Crippen LogP contribution in [0.3, 0.4) is 0 Å². The molecule has 0 bridgehead atoms. The number of carbonyl (C=O) groups excluding carboxylic acids is 1. The second-order valence-electron chi connectivity index (χ2n) is 10.8. The molecule has 0 saturated heterocycles. The van der Waals surface area contributed by atoms with E-state index in [1.54, 1.807) is 4.68 Å². The number of benzene rings is 2. The van der Waals surface area contributed by atoms with Crippen molar-refractivity contribution < 1.29 is 19.4 Å². The highest BCUT2D eigenvalue weighted by molar-refractivity contribution is 5.77. The van der Waals surface area contributed by atoms with E-state index in [0.717, 1.165) is 42.6 Å². The number of hydrogen-bond donors (Lipinski definition) is 3. The number of rotatable bonds is 12. The zero-order chi connectivity index (χ0) is 27.2. The summed E-state index contributed by atoms with van der Waals surface area (Å²) < 4.78 is 13.2. The molecule has 3 aromatic rings. The molecule has 1 aliphatic heterocycles. The van der Waals surface area contributed by atoms with Gasteiger partial charge in [-0.2, -0.15) is 0 Å². The molecule has 1 aliphatic carbocycles. The SMILES string of the molecule is CCc1ccc2c(c1)[C@@H](NC[C@H](O)[C@H](Cc1cn(Cc3ccccc3)nn1)NC(=O)COC)CC1(CCC1)O2. The highest BCUT2D eigenvalue weighted by Gasteiger charge is 2.45. The highest BCUT2D eigenvalue weighted by atomic mass is 16.5. The molecule has 208 valence electrons. The lowest BCUT2D eigenvalue weighted by Crippen LogP contribution is -2.52. The minimum absolute atomic E-state index is 0.0669. The maximum Gasteiger partial charge on any atom is 0.246 e. The smallest absolute Gasteiger partial charge is 0.246 e. The molecule has 0 unspecified atom stereocenters. The summed E-state index contributed by atoms with van der Waals surface area (Å²) >= 11 is 0. The summed E-state index contributed by atoms with van der Waals surface area (Å²) in [7, 11) is 1.48. The number of ether oxygens (including phenoxy) is 2. The fourth-order valence-electron chi connectivity index (χ4n) is 5.57. The van der Waals surface area contributed by atoms with Crippen molar-refractivity contribution in [3.8, 4) is 5.75 Å². The summed E-state index contributed by atoms with van der Waals surface area (Å²) in [6.07, 6.45) is 6.47. The third-order valence-corrected chi connectivity index (χ3v) is 7.89. The molecule has 39 heavy (non-hydrogen) atoms. The van der Waals surface area contributed by atoms with E-state index in [-0.39, 0.29) is 24.2 Å². The van der Waals surface area contributed by atoms with Crippen molar-refractivity contribution in [2.24, 2.45) is 0 Å². The molecule has 9 heteroatoms. The van der Waals surface area contributed by atoms with Gasteiger partial charge in [0.25, 0.3) is 0 Å². The molecule has 2 heterocycles. The normalized spacial score (nSPS) is 19.0. The van der Waals surface area contributed by atoms with Crippen molar-refractivity contribution in [1.29, 1.82) is 0 Å². The molecule has 1 fully saturated rings. The molecule has 9 nitrogen and oxygen atoms in total. The molecule has 3 N–H and O–H groups in total. The molecule has 0 radical (unpaired) electrons. The summed E-state index contributed by atoms with van der Waals surface area (Å²) in [5.41, 5.74) is 4.10. The second kappa shape index (κ2) is 12.3. The first-order valence-electron chi connectivity index (χ1n) is 13.9. The van der Waals surface area contributed by atoms with Gasteiger partial charge >= 0.3 is 0 Å². The van der Waals surface area contributed by atoms with Gasteiger partial charge in [-0.15, -0.1) is 5.10 Å². The van der Waals surface area contributed by atoms with Gasteiger partial charge in [0.1, 0.15) is 18.0 Å². The van der Waals surface area contributed by atoms with Crippen LogP contribution in [0.2, 0.25) is 0 Å². The first kappa shape index (κ1) is 27.3. The third-order valence-electron chi connectivity index (χ3n) is 7.89. The quantitative estimate of drug-likeness (QED) is 0.328. The van der Waals surface area contributed by atoms with Gasteiger partial charge < -0.3 is 25.2 Å². The average Bonchev–Trinajstić information content (AvgIpc) is 3.37. The summed E-state index contributed by atoms with van der Waals surface area (Å²) in [6.45, 7) is 2.98. The van der Waals surface area contributed by atoms with Crippen LogP contribution in [0.25, 0.3) is 0 Å². The summed E-state index contributed by atoms with van der Waals surface area (Å²) in [4.78, 5) is 12.4. The van der Waals surface area contributed by atoms with E-state index in [2.05, 4.69) is 46.1 Å². The minimum Gasteiger partial charge on any atom is -0.487 e. The predicted molar refractivity (Wildman–Crippen MR) is 147 cm³/mol. The number of aromatic nitrogens is 3. The van der Waals surface area contributed by atoms with Gasteiger partial charge in [0.05, 0.1) is 24.4 Å². The molecule has 1 spiro atoms. The lowest BCUT2D eigenvalue weighted by atomic mass is 9.72.